The Balaban J connectivity index is 0.00000329. The number of aromatic hydroxyl groups is 1. The van der Waals surface area contributed by atoms with Crippen LogP contribution in [0.15, 0.2) is 114 Å². The molecule has 0 saturated heterocycles. The summed E-state index contributed by atoms with van der Waals surface area (Å²) in [5.41, 5.74) is 9.77. The van der Waals surface area contributed by atoms with Gasteiger partial charge in [-0.05, 0) is 58.3 Å². The van der Waals surface area contributed by atoms with E-state index in [1.165, 1.54) is 5.56 Å². The van der Waals surface area contributed by atoms with E-state index in [2.05, 4.69) is 68.2 Å². The van der Waals surface area contributed by atoms with Crippen LogP contribution in [0.5, 0.6) is 5.75 Å². The van der Waals surface area contributed by atoms with E-state index in [0.29, 0.717) is 17.0 Å². The summed E-state index contributed by atoms with van der Waals surface area (Å²) in [6.45, 7) is 6.64. The SMILES string of the molecule is CC(C)(C)c1cc(-c2cc(-c3cccnc3)cc3cccnc23)[c-]c(-c2cccc3oc(-c4ccccc4O)nc23)c1.[Pt]. The first kappa shape index (κ1) is 28.5. The van der Waals surface area contributed by atoms with Crippen LogP contribution in [-0.2, 0) is 26.5 Å². The molecule has 1 N–H and O–H groups in total. The summed E-state index contributed by atoms with van der Waals surface area (Å²) in [5.74, 6) is 0.504. The Labute approximate surface area is 264 Å². The molecule has 0 unspecified atom stereocenters. The van der Waals surface area contributed by atoms with Gasteiger partial charge in [-0.3, -0.25) is 9.97 Å². The predicted octanol–water partition coefficient (Wildman–Crippen LogP) is 9.24. The summed E-state index contributed by atoms with van der Waals surface area (Å²) in [7, 11) is 0. The van der Waals surface area contributed by atoms with Crippen molar-refractivity contribution in [1.82, 2.24) is 15.0 Å². The number of oxazole rings is 1. The maximum absolute atomic E-state index is 10.4. The molecule has 4 aromatic carbocycles. The van der Waals surface area contributed by atoms with E-state index in [0.717, 1.165) is 49.8 Å². The van der Waals surface area contributed by atoms with Crippen molar-refractivity contribution >= 4 is 22.0 Å². The van der Waals surface area contributed by atoms with Gasteiger partial charge in [0, 0.05) is 45.2 Å². The molecule has 5 nitrogen and oxygen atoms in total. The van der Waals surface area contributed by atoms with Crippen molar-refractivity contribution in [3.63, 3.8) is 0 Å². The van der Waals surface area contributed by atoms with E-state index in [1.54, 1.807) is 24.4 Å². The van der Waals surface area contributed by atoms with Crippen LogP contribution in [0.2, 0.25) is 0 Å². The number of hydrogen-bond donors (Lipinski definition) is 1. The van der Waals surface area contributed by atoms with Gasteiger partial charge in [-0.15, -0.1) is 34.9 Å². The van der Waals surface area contributed by atoms with Gasteiger partial charge in [-0.25, -0.2) is 4.98 Å². The van der Waals surface area contributed by atoms with Crippen molar-refractivity contribution < 1.29 is 30.6 Å². The van der Waals surface area contributed by atoms with Gasteiger partial charge in [0.2, 0.25) is 5.89 Å². The Bertz CT molecular complexity index is 2100. The standard InChI is InChI=1S/C37H28N3O2.Pt/c1-37(2,3)28-19-26(29-12-6-14-33-35(29)40-36(42-33)30-11-4-5-13-32(30)41)18-27(20-28)31-21-25(24-10-7-15-38-22-24)17-23-9-8-16-39-34(23)31;/h4-17,19-22,41H,1-3H3;/q-1;. The third-order valence-electron chi connectivity index (χ3n) is 7.57. The van der Waals surface area contributed by atoms with Gasteiger partial charge in [0.25, 0.3) is 0 Å². The molecule has 7 rings (SSSR count). The van der Waals surface area contributed by atoms with Gasteiger partial charge >= 0.3 is 0 Å². The molecular formula is C37H28N3O2Pt-. The summed E-state index contributed by atoms with van der Waals surface area (Å²) in [6.07, 6.45) is 5.51. The monoisotopic (exact) mass is 741 g/mol. The van der Waals surface area contributed by atoms with Crippen LogP contribution in [-0.4, -0.2) is 20.1 Å². The maximum Gasteiger partial charge on any atom is 0.230 e. The zero-order valence-corrected chi connectivity index (χ0v) is 26.2. The second-order valence-corrected chi connectivity index (χ2v) is 11.5. The fourth-order valence-electron chi connectivity index (χ4n) is 5.33. The molecule has 0 spiro atoms. The summed E-state index contributed by atoms with van der Waals surface area (Å²) in [5, 5.41) is 11.5. The van der Waals surface area contributed by atoms with Crippen molar-refractivity contribution in [3.8, 4) is 50.6 Å². The average Bonchev–Trinajstić information content (AvgIpc) is 3.45. The van der Waals surface area contributed by atoms with Crippen LogP contribution in [0.4, 0.5) is 0 Å². The molecule has 0 aliphatic heterocycles. The van der Waals surface area contributed by atoms with Crippen LogP contribution in [0.25, 0.3) is 66.8 Å². The average molecular weight is 742 g/mol. The van der Waals surface area contributed by atoms with Gasteiger partial charge in [-0.1, -0.05) is 74.4 Å². The molecule has 0 radical (unpaired) electrons. The minimum absolute atomic E-state index is 0. The summed E-state index contributed by atoms with van der Waals surface area (Å²) < 4.78 is 6.13. The largest absolute Gasteiger partial charge is 0.507 e. The number of fused-ring (bicyclic) bond motifs is 2. The Kier molecular flexibility index (Phi) is 7.45. The van der Waals surface area contributed by atoms with Crippen molar-refractivity contribution in [2.75, 3.05) is 0 Å². The van der Waals surface area contributed by atoms with Crippen molar-refractivity contribution in [2.24, 2.45) is 0 Å². The molecule has 214 valence electrons. The number of aromatic nitrogens is 3. The maximum atomic E-state index is 10.4. The summed E-state index contributed by atoms with van der Waals surface area (Å²) >= 11 is 0. The van der Waals surface area contributed by atoms with E-state index < -0.39 is 0 Å². The van der Waals surface area contributed by atoms with Gasteiger partial charge in [0.05, 0.1) is 11.1 Å². The minimum Gasteiger partial charge on any atom is -0.507 e. The van der Waals surface area contributed by atoms with E-state index in [1.807, 2.05) is 48.8 Å². The number of benzene rings is 4. The molecule has 7 aromatic rings. The van der Waals surface area contributed by atoms with Crippen LogP contribution in [0.1, 0.15) is 26.3 Å². The Hall–Kier alpha value is -4.60. The molecule has 0 fully saturated rings. The number of para-hydroxylation sites is 2. The Morgan fingerprint density at radius 2 is 1.49 bits per heavy atom. The molecule has 0 aliphatic carbocycles. The molecule has 0 aliphatic rings. The van der Waals surface area contributed by atoms with Gasteiger partial charge < -0.3 is 9.52 Å². The van der Waals surface area contributed by atoms with E-state index in [9.17, 15) is 5.11 Å². The van der Waals surface area contributed by atoms with Gasteiger partial charge in [0.15, 0.2) is 0 Å². The topological polar surface area (TPSA) is 72.0 Å². The van der Waals surface area contributed by atoms with Crippen LogP contribution < -0.4 is 0 Å². The fourth-order valence-corrected chi connectivity index (χ4v) is 5.33. The predicted molar refractivity (Wildman–Crippen MR) is 168 cm³/mol. The second-order valence-electron chi connectivity index (χ2n) is 11.5. The second kappa shape index (κ2) is 11.2. The third-order valence-corrected chi connectivity index (χ3v) is 7.57. The zero-order chi connectivity index (χ0) is 28.8. The zero-order valence-electron chi connectivity index (χ0n) is 23.9. The van der Waals surface area contributed by atoms with E-state index >= 15 is 0 Å². The first-order valence-electron chi connectivity index (χ1n) is 13.9. The van der Waals surface area contributed by atoms with Crippen molar-refractivity contribution in [2.45, 2.75) is 26.2 Å². The Morgan fingerprint density at radius 1 is 0.721 bits per heavy atom. The van der Waals surface area contributed by atoms with Gasteiger partial charge in [-0.2, -0.15) is 0 Å². The van der Waals surface area contributed by atoms with E-state index in [4.69, 9.17) is 14.4 Å². The number of phenols is 1. The molecule has 43 heavy (non-hydrogen) atoms. The molecular weight excluding hydrogens is 714 g/mol. The van der Waals surface area contributed by atoms with E-state index in [-0.39, 0.29) is 32.2 Å². The number of hydrogen-bond acceptors (Lipinski definition) is 5. The first-order chi connectivity index (χ1) is 20.3. The molecule has 3 aromatic heterocycles. The number of nitrogens with zero attached hydrogens (tertiary/aromatic N) is 3. The summed E-state index contributed by atoms with van der Waals surface area (Å²) in [4.78, 5) is 14.0. The van der Waals surface area contributed by atoms with Crippen LogP contribution in [0, 0.1) is 6.07 Å². The van der Waals surface area contributed by atoms with Crippen LogP contribution >= 0.6 is 0 Å². The molecule has 0 bridgehead atoms. The molecule has 3 heterocycles. The molecule has 6 heteroatoms. The quantitative estimate of drug-likeness (QED) is 0.182. The fraction of sp³-hybridized carbons (Fsp3) is 0.108. The number of phenolic OH excluding ortho intramolecular Hbond substituents is 1. The summed E-state index contributed by atoms with van der Waals surface area (Å²) in [6, 6.07) is 33.5. The van der Waals surface area contributed by atoms with Gasteiger partial charge in [0.1, 0.15) is 11.3 Å². The molecule has 0 amide bonds. The van der Waals surface area contributed by atoms with Crippen LogP contribution in [0.3, 0.4) is 0 Å². The number of pyridine rings is 2. The minimum atomic E-state index is -0.124. The molecule has 0 atom stereocenters. The Morgan fingerprint density at radius 3 is 2.26 bits per heavy atom. The molecule has 0 saturated carbocycles. The van der Waals surface area contributed by atoms with Crippen molar-refractivity contribution in [3.05, 3.63) is 121 Å². The normalized spacial score (nSPS) is 11.5. The number of rotatable bonds is 4. The third kappa shape index (κ3) is 5.37. The first-order valence-corrected chi connectivity index (χ1v) is 13.9. The van der Waals surface area contributed by atoms with Crippen molar-refractivity contribution in [1.29, 1.82) is 0 Å². The smallest absolute Gasteiger partial charge is 0.230 e.